The molecule has 2 heterocycles. The molecular weight excluding hydrogens is 308 g/mol. The van der Waals surface area contributed by atoms with Crippen LogP contribution in [0.15, 0.2) is 16.3 Å². The molecule has 0 bridgehead atoms. The third kappa shape index (κ3) is 4.04. The van der Waals surface area contributed by atoms with Gasteiger partial charge in [0, 0.05) is 30.6 Å². The Labute approximate surface area is 131 Å². The Morgan fingerprint density at radius 1 is 1.38 bits per heavy atom. The molecule has 1 aromatic rings. The van der Waals surface area contributed by atoms with Gasteiger partial charge in [-0.1, -0.05) is 13.8 Å². The third-order valence-corrected chi connectivity index (χ3v) is 6.35. The van der Waals surface area contributed by atoms with Crippen LogP contribution in [-0.2, 0) is 21.3 Å². The number of nitrogens with one attached hydrogen (secondary N) is 1. The molecule has 120 valence electrons. The summed E-state index contributed by atoms with van der Waals surface area (Å²) in [5.74, 6) is 0. The van der Waals surface area contributed by atoms with Crippen molar-refractivity contribution >= 4 is 21.4 Å². The molecule has 7 heteroatoms. The number of rotatable bonds is 5. The lowest BCUT2D eigenvalue weighted by Crippen LogP contribution is -2.48. The zero-order valence-corrected chi connectivity index (χ0v) is 14.6. The van der Waals surface area contributed by atoms with E-state index in [2.05, 4.69) is 5.32 Å². The molecule has 1 fully saturated rings. The minimum Gasteiger partial charge on any atom is -0.373 e. The Hall–Kier alpha value is -0.470. The highest BCUT2D eigenvalue weighted by atomic mass is 32.2. The van der Waals surface area contributed by atoms with Gasteiger partial charge in [-0.2, -0.15) is 4.31 Å². The van der Waals surface area contributed by atoms with Gasteiger partial charge < -0.3 is 10.1 Å². The Balaban J connectivity index is 2.21. The summed E-state index contributed by atoms with van der Waals surface area (Å²) in [6.07, 6.45) is -0.140. The number of ether oxygens (including phenoxy) is 1. The van der Waals surface area contributed by atoms with Crippen LogP contribution in [0.5, 0.6) is 0 Å². The summed E-state index contributed by atoms with van der Waals surface area (Å²) in [5.41, 5.74) is 0. The van der Waals surface area contributed by atoms with Crippen molar-refractivity contribution in [3.63, 3.8) is 0 Å². The quantitative estimate of drug-likeness (QED) is 0.896. The molecule has 0 radical (unpaired) electrons. The molecule has 0 aromatic carbocycles. The predicted octanol–water partition coefficient (Wildman–Crippen LogP) is 2.04. The van der Waals surface area contributed by atoms with E-state index in [4.69, 9.17) is 4.74 Å². The number of morpholine rings is 1. The van der Waals surface area contributed by atoms with Gasteiger partial charge in [0.15, 0.2) is 0 Å². The lowest BCUT2D eigenvalue weighted by Gasteiger charge is -2.34. The molecule has 1 aliphatic heterocycles. The first-order chi connectivity index (χ1) is 9.80. The van der Waals surface area contributed by atoms with Gasteiger partial charge in [-0.3, -0.25) is 0 Å². The van der Waals surface area contributed by atoms with E-state index in [0.29, 0.717) is 30.6 Å². The maximum atomic E-state index is 12.9. The second-order valence-corrected chi connectivity index (χ2v) is 8.73. The maximum Gasteiger partial charge on any atom is 0.244 e. The number of thiophene rings is 1. The summed E-state index contributed by atoms with van der Waals surface area (Å²) in [7, 11) is -3.44. The average molecular weight is 332 g/mol. The van der Waals surface area contributed by atoms with E-state index < -0.39 is 10.0 Å². The molecule has 1 aromatic heterocycles. The van der Waals surface area contributed by atoms with Gasteiger partial charge in [-0.25, -0.2) is 8.42 Å². The zero-order chi connectivity index (χ0) is 15.6. The van der Waals surface area contributed by atoms with E-state index in [1.807, 2.05) is 33.1 Å². The van der Waals surface area contributed by atoms with Crippen molar-refractivity contribution in [2.24, 2.45) is 0 Å². The average Bonchev–Trinajstić information content (AvgIpc) is 2.84. The van der Waals surface area contributed by atoms with Crippen molar-refractivity contribution in [3.8, 4) is 0 Å². The molecule has 0 amide bonds. The highest BCUT2D eigenvalue weighted by molar-refractivity contribution is 7.89. The summed E-state index contributed by atoms with van der Waals surface area (Å²) in [6.45, 7) is 9.33. The van der Waals surface area contributed by atoms with Crippen molar-refractivity contribution in [1.82, 2.24) is 9.62 Å². The van der Waals surface area contributed by atoms with E-state index in [1.54, 1.807) is 10.4 Å². The van der Waals surface area contributed by atoms with Crippen LogP contribution in [0.4, 0.5) is 0 Å². The van der Waals surface area contributed by atoms with Crippen LogP contribution in [0.25, 0.3) is 0 Å². The molecule has 0 aliphatic carbocycles. The van der Waals surface area contributed by atoms with Crippen LogP contribution in [-0.4, -0.2) is 44.1 Å². The van der Waals surface area contributed by atoms with E-state index >= 15 is 0 Å². The first kappa shape index (κ1) is 16.9. The van der Waals surface area contributed by atoms with Crippen LogP contribution in [0.3, 0.4) is 0 Å². The minimum absolute atomic E-state index is 0.0700. The highest BCUT2D eigenvalue weighted by Crippen LogP contribution is 2.27. The van der Waals surface area contributed by atoms with Crippen molar-refractivity contribution in [2.45, 2.75) is 57.4 Å². The number of hydrogen-bond donors (Lipinski definition) is 1. The van der Waals surface area contributed by atoms with Crippen LogP contribution in [0, 0.1) is 0 Å². The number of nitrogens with zero attached hydrogens (tertiary/aromatic N) is 1. The standard InChI is InChI=1S/C14H24N2O3S2/c1-10(2)15-7-13-14(5-6-20-13)21(17,18)16-8-11(3)19-12(4)9-16/h5-6,10-12,15H,7-9H2,1-4H3/t11-,12+. The highest BCUT2D eigenvalue weighted by Gasteiger charge is 2.33. The zero-order valence-electron chi connectivity index (χ0n) is 13.0. The van der Waals surface area contributed by atoms with Crippen LogP contribution in [0.1, 0.15) is 32.6 Å². The monoisotopic (exact) mass is 332 g/mol. The molecule has 1 N–H and O–H groups in total. The Morgan fingerprint density at radius 2 is 2.00 bits per heavy atom. The van der Waals surface area contributed by atoms with E-state index in [0.717, 1.165) is 4.88 Å². The second kappa shape index (κ2) is 6.75. The van der Waals surface area contributed by atoms with Crippen molar-refractivity contribution in [1.29, 1.82) is 0 Å². The number of hydrogen-bond acceptors (Lipinski definition) is 5. The van der Waals surface area contributed by atoms with Gasteiger partial charge in [-0.05, 0) is 25.3 Å². The fourth-order valence-electron chi connectivity index (χ4n) is 2.45. The Bertz CT molecular complexity index is 559. The van der Waals surface area contributed by atoms with Crippen LogP contribution in [0.2, 0.25) is 0 Å². The molecule has 0 unspecified atom stereocenters. The Morgan fingerprint density at radius 3 is 2.57 bits per heavy atom. The SMILES string of the molecule is CC(C)NCc1sccc1S(=O)(=O)N1C[C@@H](C)O[C@@H](C)C1. The van der Waals surface area contributed by atoms with Crippen molar-refractivity contribution < 1.29 is 13.2 Å². The minimum atomic E-state index is -3.44. The first-order valence-corrected chi connectivity index (χ1v) is 9.58. The molecule has 0 saturated carbocycles. The molecule has 1 aliphatic rings. The lowest BCUT2D eigenvalue weighted by atomic mass is 10.3. The van der Waals surface area contributed by atoms with Gasteiger partial charge in [0.2, 0.25) is 10.0 Å². The molecule has 2 atom stereocenters. The van der Waals surface area contributed by atoms with Gasteiger partial charge in [0.25, 0.3) is 0 Å². The molecule has 21 heavy (non-hydrogen) atoms. The normalized spacial score (nSPS) is 24.6. The Kier molecular flexibility index (Phi) is 5.43. The lowest BCUT2D eigenvalue weighted by molar-refractivity contribution is -0.0440. The summed E-state index contributed by atoms with van der Waals surface area (Å²) in [6, 6.07) is 2.04. The number of sulfonamides is 1. The molecule has 2 rings (SSSR count). The first-order valence-electron chi connectivity index (χ1n) is 7.26. The van der Waals surface area contributed by atoms with E-state index in [-0.39, 0.29) is 12.2 Å². The predicted molar refractivity (Wildman–Crippen MR) is 85.1 cm³/mol. The second-order valence-electron chi connectivity index (χ2n) is 5.82. The van der Waals surface area contributed by atoms with Crippen LogP contribution >= 0.6 is 11.3 Å². The third-order valence-electron chi connectivity index (χ3n) is 3.38. The van der Waals surface area contributed by atoms with Gasteiger partial charge in [0.05, 0.1) is 17.1 Å². The smallest absolute Gasteiger partial charge is 0.244 e. The molecule has 0 spiro atoms. The topological polar surface area (TPSA) is 58.6 Å². The van der Waals surface area contributed by atoms with E-state index in [1.165, 1.54) is 11.3 Å². The summed E-state index contributed by atoms with van der Waals surface area (Å²) in [5, 5.41) is 5.13. The largest absolute Gasteiger partial charge is 0.373 e. The summed E-state index contributed by atoms with van der Waals surface area (Å²) >= 11 is 1.48. The van der Waals surface area contributed by atoms with E-state index in [9.17, 15) is 8.42 Å². The van der Waals surface area contributed by atoms with Gasteiger partial charge >= 0.3 is 0 Å². The van der Waals surface area contributed by atoms with Crippen LogP contribution < -0.4 is 5.32 Å². The van der Waals surface area contributed by atoms with Crippen molar-refractivity contribution in [2.75, 3.05) is 13.1 Å². The maximum absolute atomic E-state index is 12.9. The fourth-order valence-corrected chi connectivity index (χ4v) is 5.41. The van der Waals surface area contributed by atoms with Gasteiger partial charge in [-0.15, -0.1) is 11.3 Å². The van der Waals surface area contributed by atoms with Gasteiger partial charge in [0.1, 0.15) is 0 Å². The molecule has 1 saturated heterocycles. The summed E-state index contributed by atoms with van der Waals surface area (Å²) < 4.78 is 32.9. The summed E-state index contributed by atoms with van der Waals surface area (Å²) in [4.78, 5) is 1.30. The fraction of sp³-hybridized carbons (Fsp3) is 0.714. The van der Waals surface area contributed by atoms with Crippen molar-refractivity contribution in [3.05, 3.63) is 16.3 Å². The molecular formula is C14H24N2O3S2. The molecule has 5 nitrogen and oxygen atoms in total.